The van der Waals surface area contributed by atoms with Crippen LogP contribution in [0.25, 0.3) is 0 Å². The fraction of sp³-hybridized carbons (Fsp3) is 0.765. The van der Waals surface area contributed by atoms with E-state index in [1.807, 2.05) is 5.57 Å². The average molecular weight is 416 g/mol. The first-order valence-corrected chi connectivity index (χ1v) is 11.8. The molecule has 0 bridgehead atoms. The minimum absolute atomic E-state index is 0. The van der Waals surface area contributed by atoms with Crippen LogP contribution in [0.2, 0.25) is 24.2 Å². The number of hydrogen-bond acceptors (Lipinski definition) is 0. The van der Waals surface area contributed by atoms with Crippen LogP contribution in [0, 0.1) is 5.92 Å². The third-order valence-electron chi connectivity index (χ3n) is 5.88. The Hall–Kier alpha value is 1.28. The molecular weight excluding hydrogens is 386 g/mol. The van der Waals surface area contributed by atoms with Gasteiger partial charge in [0, 0.05) is 0 Å². The van der Waals surface area contributed by atoms with Crippen LogP contribution in [0.1, 0.15) is 53.4 Å². The van der Waals surface area contributed by atoms with Gasteiger partial charge < -0.3 is 37.2 Å². The molecule has 126 valence electrons. The Balaban J connectivity index is 0. The van der Waals surface area contributed by atoms with Gasteiger partial charge in [-0.25, -0.2) is 0 Å². The first-order valence-electron chi connectivity index (χ1n) is 7.80. The molecule has 0 aromatic heterocycles. The molecule has 22 heavy (non-hydrogen) atoms. The molecule has 5 heteroatoms. The number of allylic oxidation sites excluding steroid dienone is 4. The standard InChI is InChI=1S/C17H29Si.3ClH.Ti/c1-13-11-14(12-18(5,6)17(2,3)4)16-10-8-7-9-15(13)16;;;;/h14H,7-10,12H2,1-6H3;3*1H;/q;;;;+3/p-3. The maximum absolute atomic E-state index is 2.59. The van der Waals surface area contributed by atoms with E-state index >= 15 is 0 Å². The normalized spacial score (nSPS) is 21.7. The zero-order valence-electron chi connectivity index (χ0n) is 14.7. The molecular formula is C17H29Cl3SiTi. The van der Waals surface area contributed by atoms with Crippen molar-refractivity contribution in [3.05, 3.63) is 20.6 Å². The summed E-state index contributed by atoms with van der Waals surface area (Å²) in [6.45, 7) is 14.9. The van der Waals surface area contributed by atoms with Gasteiger partial charge in [-0.1, -0.05) is 0 Å². The summed E-state index contributed by atoms with van der Waals surface area (Å²) in [5.74, 6) is 0.802. The van der Waals surface area contributed by atoms with Crippen LogP contribution in [0.5, 0.6) is 0 Å². The minimum Gasteiger partial charge on any atom is -1.00 e. The van der Waals surface area contributed by atoms with Crippen molar-refractivity contribution in [1.29, 1.82) is 0 Å². The van der Waals surface area contributed by atoms with Crippen molar-refractivity contribution in [3.63, 3.8) is 0 Å². The summed E-state index contributed by atoms with van der Waals surface area (Å²) in [7, 11) is -1.19. The Labute approximate surface area is 169 Å². The molecule has 0 heterocycles. The third-order valence-corrected chi connectivity index (χ3v) is 12.5. The Bertz CT molecular complexity index is 447. The molecule has 1 atom stereocenters. The molecule has 0 fully saturated rings. The Morgan fingerprint density at radius 3 is 2.05 bits per heavy atom. The molecule has 2 aliphatic rings. The van der Waals surface area contributed by atoms with Gasteiger partial charge in [-0.2, -0.15) is 0 Å². The zero-order valence-corrected chi connectivity index (χ0v) is 19.6. The summed E-state index contributed by atoms with van der Waals surface area (Å²) in [6, 6.07) is 1.46. The van der Waals surface area contributed by atoms with Gasteiger partial charge in [0.05, 0.1) is 0 Å². The molecule has 0 amide bonds. The molecule has 0 radical (unpaired) electrons. The summed E-state index contributed by atoms with van der Waals surface area (Å²) in [6.07, 6.45) is 5.57. The first kappa shape index (κ1) is 25.5. The number of halogens is 3. The van der Waals surface area contributed by atoms with Crippen LogP contribution < -0.4 is 37.2 Å². The molecule has 0 saturated carbocycles. The van der Waals surface area contributed by atoms with E-state index < -0.39 is 8.07 Å². The largest absolute Gasteiger partial charge is 1.00 e. The summed E-state index contributed by atoms with van der Waals surface area (Å²) in [4.78, 5) is 0. The SMILES string of the molecule is CC1=[C]([Ti+3])C(C[Si](C)(C)C(C)(C)C)C2=C1CCCC2.[Cl-].[Cl-].[Cl-]. The van der Waals surface area contributed by atoms with Gasteiger partial charge in [0.25, 0.3) is 0 Å². The second-order valence-corrected chi connectivity index (χ2v) is 14.7. The molecule has 0 aromatic rings. The smallest absolute Gasteiger partial charge is 1.00 e. The molecule has 0 aliphatic heterocycles. The van der Waals surface area contributed by atoms with Crippen LogP contribution in [0.15, 0.2) is 20.6 Å². The van der Waals surface area contributed by atoms with Crippen LogP contribution in [-0.4, -0.2) is 8.07 Å². The molecule has 1 unspecified atom stereocenters. The Kier molecular flexibility index (Phi) is 10.6. The zero-order chi connectivity index (χ0) is 14.4. The molecule has 0 spiro atoms. The molecule has 0 nitrogen and oxygen atoms in total. The number of hydrogen-bond donors (Lipinski definition) is 0. The van der Waals surface area contributed by atoms with Crippen molar-refractivity contribution >= 4 is 8.07 Å². The van der Waals surface area contributed by atoms with Crippen molar-refractivity contribution in [3.8, 4) is 0 Å². The van der Waals surface area contributed by atoms with Crippen LogP contribution >= 0.6 is 0 Å². The number of rotatable bonds is 2. The first-order chi connectivity index (χ1) is 8.65. The van der Waals surface area contributed by atoms with Crippen molar-refractivity contribution in [2.75, 3.05) is 0 Å². The van der Waals surface area contributed by atoms with Gasteiger partial charge in [0.2, 0.25) is 0 Å². The van der Waals surface area contributed by atoms with Crippen LogP contribution in [0.4, 0.5) is 0 Å². The summed E-state index contributed by atoms with van der Waals surface area (Å²) in [5, 5.41) is 0.513. The summed E-state index contributed by atoms with van der Waals surface area (Å²) in [5.41, 5.74) is 5.25. The van der Waals surface area contributed by atoms with Crippen LogP contribution in [-0.2, 0) is 20.4 Å². The predicted molar refractivity (Wildman–Crippen MR) is 83.7 cm³/mol. The van der Waals surface area contributed by atoms with E-state index in [1.54, 1.807) is 15.0 Å². The predicted octanol–water partition coefficient (Wildman–Crippen LogP) is -3.17. The monoisotopic (exact) mass is 414 g/mol. The van der Waals surface area contributed by atoms with Gasteiger partial charge >= 0.3 is 133 Å². The van der Waals surface area contributed by atoms with E-state index in [0.29, 0.717) is 5.04 Å². The van der Waals surface area contributed by atoms with Crippen molar-refractivity contribution in [1.82, 2.24) is 0 Å². The van der Waals surface area contributed by atoms with E-state index in [2.05, 4.69) is 61.2 Å². The van der Waals surface area contributed by atoms with Crippen LogP contribution in [0.3, 0.4) is 0 Å². The van der Waals surface area contributed by atoms with E-state index in [9.17, 15) is 0 Å². The van der Waals surface area contributed by atoms with E-state index in [1.165, 1.54) is 31.7 Å². The van der Waals surface area contributed by atoms with E-state index in [-0.39, 0.29) is 37.2 Å². The minimum atomic E-state index is -1.19. The quantitative estimate of drug-likeness (QED) is 0.418. The van der Waals surface area contributed by atoms with Gasteiger partial charge in [0.15, 0.2) is 0 Å². The van der Waals surface area contributed by atoms with Crippen molar-refractivity contribution in [2.24, 2.45) is 5.92 Å². The average Bonchev–Trinajstić information content (AvgIpc) is 2.54. The second kappa shape index (κ2) is 9.11. The van der Waals surface area contributed by atoms with Crippen molar-refractivity contribution < 1.29 is 57.7 Å². The Morgan fingerprint density at radius 1 is 1.05 bits per heavy atom. The third kappa shape index (κ3) is 4.90. The van der Waals surface area contributed by atoms with Gasteiger partial charge in [-0.15, -0.1) is 0 Å². The van der Waals surface area contributed by atoms with Gasteiger partial charge in [0.1, 0.15) is 0 Å². The van der Waals surface area contributed by atoms with Gasteiger partial charge in [-0.3, -0.25) is 0 Å². The molecule has 2 rings (SSSR count). The summed E-state index contributed by atoms with van der Waals surface area (Å²) < 4.78 is 1.71. The molecule has 0 saturated heterocycles. The van der Waals surface area contributed by atoms with Gasteiger partial charge in [-0.05, 0) is 0 Å². The van der Waals surface area contributed by atoms with E-state index in [4.69, 9.17) is 0 Å². The maximum atomic E-state index is 2.59. The maximum Gasteiger partial charge on any atom is -1.00 e. The summed E-state index contributed by atoms with van der Waals surface area (Å²) >= 11 is 2.41. The Morgan fingerprint density at radius 2 is 1.55 bits per heavy atom. The second-order valence-electron chi connectivity index (χ2n) is 8.14. The fourth-order valence-electron chi connectivity index (χ4n) is 3.38. The molecule has 0 N–H and O–H groups in total. The fourth-order valence-corrected chi connectivity index (χ4v) is 6.45. The molecule has 0 aromatic carbocycles. The van der Waals surface area contributed by atoms with E-state index in [0.717, 1.165) is 5.92 Å². The molecule has 2 aliphatic carbocycles. The topological polar surface area (TPSA) is 0 Å². The van der Waals surface area contributed by atoms with Crippen molar-refractivity contribution in [2.45, 2.75) is 77.6 Å².